The highest BCUT2D eigenvalue weighted by molar-refractivity contribution is 5.86. The minimum Gasteiger partial charge on any atom is -0.465 e. The smallest absolute Gasteiger partial charge is 0.416 e. The number of alkyl halides is 3. The maximum absolute atomic E-state index is 12.8. The van der Waals surface area contributed by atoms with Gasteiger partial charge >= 0.3 is 12.3 Å². The summed E-state index contributed by atoms with van der Waals surface area (Å²) in [6.07, 6.45) is -4.14. The van der Waals surface area contributed by atoms with Gasteiger partial charge in [0.25, 0.3) is 0 Å². The Hall–Kier alpha value is -2.57. The van der Waals surface area contributed by atoms with Crippen LogP contribution in [0.5, 0.6) is 0 Å². The summed E-state index contributed by atoms with van der Waals surface area (Å²) in [5.41, 5.74) is 0.653. The number of benzene rings is 1. The van der Waals surface area contributed by atoms with Gasteiger partial charge in [0.2, 0.25) is 0 Å². The van der Waals surface area contributed by atoms with Crippen LogP contribution in [0.4, 0.5) is 23.8 Å². The lowest BCUT2D eigenvalue weighted by atomic mass is 10.0. The lowest BCUT2D eigenvalue weighted by Crippen LogP contribution is -2.35. The van der Waals surface area contributed by atoms with E-state index in [0.717, 1.165) is 22.6 Å². The molecule has 3 rings (SSSR count). The number of aryl methyl sites for hydroxylation is 1. The van der Waals surface area contributed by atoms with Crippen molar-refractivity contribution in [3.05, 3.63) is 47.5 Å². The third-order valence-corrected chi connectivity index (χ3v) is 3.76. The first-order chi connectivity index (χ1) is 10.9. The molecule has 1 amide bonds. The van der Waals surface area contributed by atoms with Gasteiger partial charge in [-0.15, -0.1) is 0 Å². The van der Waals surface area contributed by atoms with Crippen molar-refractivity contribution in [3.8, 4) is 11.3 Å². The fraction of sp³-hybridized carbons (Fsp3) is 0.250. The molecule has 7 heteroatoms. The number of anilines is 1. The van der Waals surface area contributed by atoms with E-state index < -0.39 is 17.8 Å². The molecule has 1 aliphatic heterocycles. The number of pyridine rings is 1. The normalized spacial score (nSPS) is 14.5. The molecule has 23 heavy (non-hydrogen) atoms. The summed E-state index contributed by atoms with van der Waals surface area (Å²) < 4.78 is 38.5. The van der Waals surface area contributed by atoms with Gasteiger partial charge in [-0.3, -0.25) is 4.90 Å². The van der Waals surface area contributed by atoms with Crippen LogP contribution in [0.3, 0.4) is 0 Å². The molecular weight excluding hydrogens is 309 g/mol. The fourth-order valence-corrected chi connectivity index (χ4v) is 2.64. The number of carboxylic acid groups (broad SMARTS) is 1. The Morgan fingerprint density at radius 2 is 2.00 bits per heavy atom. The van der Waals surface area contributed by atoms with E-state index in [2.05, 4.69) is 4.98 Å². The minimum absolute atomic E-state index is 0.304. The van der Waals surface area contributed by atoms with Crippen LogP contribution in [0.25, 0.3) is 11.3 Å². The molecule has 0 unspecified atom stereocenters. The Kier molecular flexibility index (Phi) is 3.71. The van der Waals surface area contributed by atoms with Crippen LogP contribution >= 0.6 is 0 Å². The predicted octanol–water partition coefficient (Wildman–Crippen LogP) is 4.20. The molecule has 0 saturated heterocycles. The van der Waals surface area contributed by atoms with E-state index in [4.69, 9.17) is 0 Å². The zero-order valence-electron chi connectivity index (χ0n) is 12.0. The van der Waals surface area contributed by atoms with E-state index >= 15 is 0 Å². The van der Waals surface area contributed by atoms with Crippen LogP contribution in [-0.4, -0.2) is 22.7 Å². The highest BCUT2D eigenvalue weighted by Gasteiger charge is 2.30. The summed E-state index contributed by atoms with van der Waals surface area (Å²) in [4.78, 5) is 16.7. The third-order valence-electron chi connectivity index (χ3n) is 3.76. The molecule has 120 valence electrons. The van der Waals surface area contributed by atoms with Crippen molar-refractivity contribution in [2.45, 2.75) is 19.0 Å². The monoisotopic (exact) mass is 322 g/mol. The van der Waals surface area contributed by atoms with Crippen LogP contribution in [0.15, 0.2) is 36.4 Å². The van der Waals surface area contributed by atoms with Crippen LogP contribution in [0.2, 0.25) is 0 Å². The standard InChI is InChI=1S/C16H13F3N2O2/c17-16(18,19)12-5-1-3-11(9-12)13-7-6-10-4-2-8-21(15(22)23)14(10)20-13/h1,3,5-7,9H,2,4,8H2,(H,22,23). The Bertz CT molecular complexity index is 759. The zero-order valence-corrected chi connectivity index (χ0v) is 12.0. The largest absolute Gasteiger partial charge is 0.465 e. The van der Waals surface area contributed by atoms with E-state index in [1.54, 1.807) is 12.1 Å². The summed E-state index contributed by atoms with van der Waals surface area (Å²) in [5, 5.41) is 9.23. The summed E-state index contributed by atoms with van der Waals surface area (Å²) in [5.74, 6) is 0.304. The van der Waals surface area contributed by atoms with Crippen molar-refractivity contribution in [2.75, 3.05) is 11.4 Å². The number of halogens is 3. The minimum atomic E-state index is -4.43. The van der Waals surface area contributed by atoms with Crippen LogP contribution < -0.4 is 4.90 Å². The molecule has 2 heterocycles. The van der Waals surface area contributed by atoms with Crippen molar-refractivity contribution in [2.24, 2.45) is 0 Å². The Labute approximate surface area is 130 Å². The number of fused-ring (bicyclic) bond motifs is 1. The highest BCUT2D eigenvalue weighted by atomic mass is 19.4. The van der Waals surface area contributed by atoms with Gasteiger partial charge in [0.15, 0.2) is 0 Å². The Balaban J connectivity index is 2.05. The number of amides is 1. The van der Waals surface area contributed by atoms with Crippen molar-refractivity contribution in [3.63, 3.8) is 0 Å². The molecule has 1 aromatic carbocycles. The average Bonchev–Trinajstić information content (AvgIpc) is 2.53. The number of carbonyl (C=O) groups is 1. The molecule has 1 N–H and O–H groups in total. The van der Waals surface area contributed by atoms with Crippen LogP contribution in [0.1, 0.15) is 17.5 Å². The number of hydrogen-bond donors (Lipinski definition) is 1. The van der Waals surface area contributed by atoms with Gasteiger partial charge in [-0.1, -0.05) is 18.2 Å². The fourth-order valence-electron chi connectivity index (χ4n) is 2.64. The first kappa shape index (κ1) is 15.3. The van der Waals surface area contributed by atoms with Crippen molar-refractivity contribution < 1.29 is 23.1 Å². The maximum Gasteiger partial charge on any atom is 0.416 e. The molecule has 1 aromatic heterocycles. The first-order valence-corrected chi connectivity index (χ1v) is 7.04. The van der Waals surface area contributed by atoms with Gasteiger partial charge in [0.05, 0.1) is 11.3 Å². The quantitative estimate of drug-likeness (QED) is 0.856. The summed E-state index contributed by atoms with van der Waals surface area (Å²) in [6.45, 7) is 0.335. The number of nitrogens with zero attached hydrogens (tertiary/aromatic N) is 2. The maximum atomic E-state index is 12.8. The SMILES string of the molecule is O=C(O)N1CCCc2ccc(-c3cccc(C(F)(F)F)c3)nc21. The van der Waals surface area contributed by atoms with E-state index in [9.17, 15) is 23.1 Å². The Morgan fingerprint density at radius 1 is 1.22 bits per heavy atom. The van der Waals surface area contributed by atoms with E-state index in [-0.39, 0.29) is 0 Å². The molecule has 0 radical (unpaired) electrons. The van der Waals surface area contributed by atoms with Crippen LogP contribution in [0, 0.1) is 0 Å². The molecule has 4 nitrogen and oxygen atoms in total. The molecule has 0 bridgehead atoms. The van der Waals surface area contributed by atoms with Crippen molar-refractivity contribution in [1.82, 2.24) is 4.98 Å². The molecule has 1 aliphatic rings. The average molecular weight is 322 g/mol. The van der Waals surface area contributed by atoms with Gasteiger partial charge in [-0.25, -0.2) is 9.78 Å². The number of hydrogen-bond acceptors (Lipinski definition) is 2. The molecule has 0 aliphatic carbocycles. The molecule has 0 atom stereocenters. The predicted molar refractivity (Wildman–Crippen MR) is 78.4 cm³/mol. The lowest BCUT2D eigenvalue weighted by Gasteiger charge is -2.26. The van der Waals surface area contributed by atoms with Gasteiger partial charge in [0, 0.05) is 12.1 Å². The highest BCUT2D eigenvalue weighted by Crippen LogP contribution is 2.33. The second-order valence-electron chi connectivity index (χ2n) is 5.30. The summed E-state index contributed by atoms with van der Waals surface area (Å²) >= 11 is 0. The second kappa shape index (κ2) is 5.57. The first-order valence-electron chi connectivity index (χ1n) is 7.04. The van der Waals surface area contributed by atoms with E-state index in [1.807, 2.05) is 0 Å². The number of aromatic nitrogens is 1. The summed E-state index contributed by atoms with van der Waals surface area (Å²) in [6, 6.07) is 8.20. The van der Waals surface area contributed by atoms with Gasteiger partial charge < -0.3 is 5.11 Å². The van der Waals surface area contributed by atoms with Gasteiger partial charge in [-0.05, 0) is 36.6 Å². The van der Waals surface area contributed by atoms with Gasteiger partial charge in [-0.2, -0.15) is 13.2 Å². The molecule has 0 spiro atoms. The third kappa shape index (κ3) is 2.99. The Morgan fingerprint density at radius 3 is 2.70 bits per heavy atom. The van der Waals surface area contributed by atoms with Crippen molar-refractivity contribution >= 4 is 11.9 Å². The van der Waals surface area contributed by atoms with Gasteiger partial charge in [0.1, 0.15) is 5.82 Å². The topological polar surface area (TPSA) is 53.4 Å². The molecular formula is C16H13F3N2O2. The zero-order chi connectivity index (χ0) is 16.6. The lowest BCUT2D eigenvalue weighted by molar-refractivity contribution is -0.137. The number of rotatable bonds is 1. The van der Waals surface area contributed by atoms with E-state index in [0.29, 0.717) is 36.5 Å². The van der Waals surface area contributed by atoms with Crippen LogP contribution in [-0.2, 0) is 12.6 Å². The molecule has 0 fully saturated rings. The second-order valence-corrected chi connectivity index (χ2v) is 5.30. The molecule has 0 saturated carbocycles. The molecule has 2 aromatic rings. The van der Waals surface area contributed by atoms with E-state index in [1.165, 1.54) is 12.1 Å². The summed E-state index contributed by atoms with van der Waals surface area (Å²) in [7, 11) is 0. The van der Waals surface area contributed by atoms with Crippen molar-refractivity contribution in [1.29, 1.82) is 0 Å².